The van der Waals surface area contributed by atoms with Gasteiger partial charge in [0, 0.05) is 42.9 Å². The van der Waals surface area contributed by atoms with E-state index in [4.69, 9.17) is 0 Å². The van der Waals surface area contributed by atoms with Crippen LogP contribution in [0.1, 0.15) is 11.1 Å². The molecule has 1 aromatic heterocycles. The van der Waals surface area contributed by atoms with Crippen LogP contribution in [0, 0.1) is 0 Å². The van der Waals surface area contributed by atoms with E-state index in [-0.39, 0.29) is 5.91 Å². The number of carbonyl (C=O) groups excluding carboxylic acids is 1. The van der Waals surface area contributed by atoms with Crippen LogP contribution >= 0.6 is 15.9 Å². The van der Waals surface area contributed by atoms with Crippen molar-refractivity contribution in [2.24, 2.45) is 7.05 Å². The number of aryl methyl sites for hydroxylation is 1. The van der Waals surface area contributed by atoms with Crippen molar-refractivity contribution >= 4 is 27.9 Å². The van der Waals surface area contributed by atoms with E-state index in [0.717, 1.165) is 16.5 Å². The third-order valence-corrected chi connectivity index (χ3v) is 3.70. The zero-order valence-electron chi connectivity index (χ0n) is 12.2. The van der Waals surface area contributed by atoms with Crippen LogP contribution in [0.4, 0.5) is 0 Å². The van der Waals surface area contributed by atoms with E-state index >= 15 is 0 Å². The van der Waals surface area contributed by atoms with E-state index in [1.807, 2.05) is 32.4 Å². The molecule has 0 aliphatic heterocycles. The van der Waals surface area contributed by atoms with E-state index < -0.39 is 0 Å². The van der Waals surface area contributed by atoms with E-state index in [1.54, 1.807) is 27.9 Å². The Hall–Kier alpha value is -1.88. The number of rotatable bonds is 5. The summed E-state index contributed by atoms with van der Waals surface area (Å²) in [5.41, 5.74) is 2.14. The molecule has 0 aliphatic rings. The number of aromatic nitrogens is 2. The van der Waals surface area contributed by atoms with Crippen molar-refractivity contribution in [2.75, 3.05) is 13.6 Å². The fourth-order valence-electron chi connectivity index (χ4n) is 1.88. The molecule has 1 heterocycles. The van der Waals surface area contributed by atoms with Gasteiger partial charge in [-0.1, -0.05) is 28.1 Å². The summed E-state index contributed by atoms with van der Waals surface area (Å²) in [7, 11) is 3.66. The monoisotopic (exact) mass is 347 g/mol. The summed E-state index contributed by atoms with van der Waals surface area (Å²) < 4.78 is 2.77. The van der Waals surface area contributed by atoms with Crippen molar-refractivity contribution in [3.05, 3.63) is 58.3 Å². The predicted molar refractivity (Wildman–Crippen MR) is 87.7 cm³/mol. The smallest absolute Gasteiger partial charge is 0.246 e. The number of amides is 1. The molecule has 21 heavy (non-hydrogen) atoms. The molecule has 1 amide bonds. The molecule has 0 spiro atoms. The molecule has 2 rings (SSSR count). The van der Waals surface area contributed by atoms with Crippen LogP contribution in [-0.2, 0) is 18.3 Å². The van der Waals surface area contributed by atoms with Crippen molar-refractivity contribution in [3.63, 3.8) is 0 Å². The molecule has 0 atom stereocenters. The van der Waals surface area contributed by atoms with Crippen LogP contribution in [0.2, 0.25) is 0 Å². The molecule has 0 radical (unpaired) electrons. The summed E-state index contributed by atoms with van der Waals surface area (Å²) in [5.74, 6) is -0.00374. The highest BCUT2D eigenvalue weighted by molar-refractivity contribution is 9.10. The van der Waals surface area contributed by atoms with Gasteiger partial charge >= 0.3 is 0 Å². The summed E-state index contributed by atoms with van der Waals surface area (Å²) in [5, 5.41) is 4.06. The maximum atomic E-state index is 12.0. The first kappa shape index (κ1) is 15.5. The first-order valence-electron chi connectivity index (χ1n) is 6.71. The minimum atomic E-state index is -0.00374. The largest absolute Gasteiger partial charge is 0.342 e. The summed E-state index contributed by atoms with van der Waals surface area (Å²) in [6.45, 7) is 0.692. The Morgan fingerprint density at radius 2 is 2.10 bits per heavy atom. The van der Waals surface area contributed by atoms with E-state index in [1.165, 1.54) is 5.56 Å². The zero-order valence-corrected chi connectivity index (χ0v) is 13.7. The zero-order chi connectivity index (χ0) is 15.2. The molecule has 0 N–H and O–H groups in total. The van der Waals surface area contributed by atoms with Crippen LogP contribution in [-0.4, -0.2) is 34.2 Å². The first-order valence-corrected chi connectivity index (χ1v) is 7.50. The Kier molecular flexibility index (Phi) is 5.33. The lowest BCUT2D eigenvalue weighted by atomic mass is 10.1. The van der Waals surface area contributed by atoms with Gasteiger partial charge in [-0.3, -0.25) is 9.48 Å². The number of nitrogens with zero attached hydrogens (tertiary/aromatic N) is 3. The number of benzene rings is 1. The van der Waals surface area contributed by atoms with Gasteiger partial charge in [-0.15, -0.1) is 0 Å². The standard InChI is InChI=1S/C16H18BrN3O/c1-19(10-9-13-3-6-15(17)7-4-13)16(21)8-5-14-11-18-20(2)12-14/h3-8,11-12H,9-10H2,1-2H3. The lowest BCUT2D eigenvalue weighted by molar-refractivity contribution is -0.124. The number of hydrogen-bond donors (Lipinski definition) is 0. The fraction of sp³-hybridized carbons (Fsp3) is 0.250. The van der Waals surface area contributed by atoms with Crippen LogP contribution in [0.3, 0.4) is 0 Å². The van der Waals surface area contributed by atoms with Gasteiger partial charge in [0.15, 0.2) is 0 Å². The second kappa shape index (κ2) is 7.22. The van der Waals surface area contributed by atoms with Gasteiger partial charge < -0.3 is 4.90 Å². The first-order chi connectivity index (χ1) is 10.0. The molecule has 0 saturated carbocycles. The van der Waals surface area contributed by atoms with Gasteiger partial charge in [-0.05, 0) is 30.2 Å². The Balaban J connectivity index is 1.85. The number of hydrogen-bond acceptors (Lipinski definition) is 2. The maximum absolute atomic E-state index is 12.0. The van der Waals surface area contributed by atoms with Gasteiger partial charge in [0.05, 0.1) is 6.20 Å². The van der Waals surface area contributed by atoms with E-state index in [0.29, 0.717) is 6.54 Å². The lowest BCUT2D eigenvalue weighted by Crippen LogP contribution is -2.27. The van der Waals surface area contributed by atoms with Crippen LogP contribution in [0.5, 0.6) is 0 Å². The quantitative estimate of drug-likeness (QED) is 0.780. The van der Waals surface area contributed by atoms with Gasteiger partial charge in [-0.25, -0.2) is 0 Å². The molecule has 110 valence electrons. The topological polar surface area (TPSA) is 38.1 Å². The highest BCUT2D eigenvalue weighted by Crippen LogP contribution is 2.11. The van der Waals surface area contributed by atoms with Crippen molar-refractivity contribution in [3.8, 4) is 0 Å². The molecule has 2 aromatic rings. The molecule has 0 bridgehead atoms. The fourth-order valence-corrected chi connectivity index (χ4v) is 2.14. The molecular weight excluding hydrogens is 330 g/mol. The number of carbonyl (C=O) groups is 1. The Morgan fingerprint density at radius 1 is 1.38 bits per heavy atom. The highest BCUT2D eigenvalue weighted by atomic mass is 79.9. The SMILES string of the molecule is CN(CCc1ccc(Br)cc1)C(=O)C=Cc1cnn(C)c1. The Morgan fingerprint density at radius 3 is 2.71 bits per heavy atom. The number of halogens is 1. The van der Waals surface area contributed by atoms with Gasteiger partial charge in [-0.2, -0.15) is 5.10 Å². The molecule has 4 nitrogen and oxygen atoms in total. The van der Waals surface area contributed by atoms with Gasteiger partial charge in [0.25, 0.3) is 0 Å². The maximum Gasteiger partial charge on any atom is 0.246 e. The minimum Gasteiger partial charge on any atom is -0.342 e. The molecule has 0 aliphatic carbocycles. The molecule has 1 aromatic carbocycles. The Bertz CT molecular complexity index is 631. The van der Waals surface area contributed by atoms with Crippen molar-refractivity contribution in [2.45, 2.75) is 6.42 Å². The second-order valence-corrected chi connectivity index (χ2v) is 5.83. The van der Waals surface area contributed by atoms with Crippen LogP contribution < -0.4 is 0 Å². The third kappa shape index (κ3) is 4.86. The minimum absolute atomic E-state index is 0.00374. The molecule has 5 heteroatoms. The summed E-state index contributed by atoms with van der Waals surface area (Å²) in [6, 6.07) is 8.15. The average Bonchev–Trinajstić information content (AvgIpc) is 2.89. The van der Waals surface area contributed by atoms with Crippen molar-refractivity contribution in [1.29, 1.82) is 0 Å². The molecular formula is C16H18BrN3O. The van der Waals surface area contributed by atoms with Crippen molar-refractivity contribution < 1.29 is 4.79 Å². The third-order valence-electron chi connectivity index (χ3n) is 3.17. The van der Waals surface area contributed by atoms with Gasteiger partial charge in [0.1, 0.15) is 0 Å². The van der Waals surface area contributed by atoms with Gasteiger partial charge in [0.2, 0.25) is 5.91 Å². The second-order valence-electron chi connectivity index (χ2n) is 4.92. The highest BCUT2D eigenvalue weighted by Gasteiger charge is 2.05. The summed E-state index contributed by atoms with van der Waals surface area (Å²) >= 11 is 3.41. The summed E-state index contributed by atoms with van der Waals surface area (Å²) in [4.78, 5) is 13.7. The van der Waals surface area contributed by atoms with E-state index in [9.17, 15) is 4.79 Å². The van der Waals surface area contributed by atoms with Crippen molar-refractivity contribution in [1.82, 2.24) is 14.7 Å². The lowest BCUT2D eigenvalue weighted by Gasteiger charge is -2.14. The molecule has 0 saturated heterocycles. The molecule has 0 fully saturated rings. The molecule has 0 unspecified atom stereocenters. The van der Waals surface area contributed by atoms with E-state index in [2.05, 4.69) is 33.2 Å². The van der Waals surface area contributed by atoms with Crippen LogP contribution in [0.15, 0.2) is 47.2 Å². The number of likely N-dealkylation sites (N-methyl/N-ethyl adjacent to an activating group) is 1. The average molecular weight is 348 g/mol. The van der Waals surface area contributed by atoms with Crippen LogP contribution in [0.25, 0.3) is 6.08 Å². The normalized spacial score (nSPS) is 11.0. The Labute approximate surface area is 133 Å². The predicted octanol–water partition coefficient (Wildman–Crippen LogP) is 2.90. The summed E-state index contributed by atoms with van der Waals surface area (Å²) in [6.07, 6.45) is 7.80.